The summed E-state index contributed by atoms with van der Waals surface area (Å²) in [6, 6.07) is 21.1. The van der Waals surface area contributed by atoms with Crippen molar-refractivity contribution in [3.63, 3.8) is 0 Å². The number of carbonyl (C=O) groups is 2. The Kier molecular flexibility index (Phi) is 11.6. The molecule has 0 bridgehead atoms. The molecule has 0 heterocycles. The van der Waals surface area contributed by atoms with Gasteiger partial charge in [0.25, 0.3) is 10.0 Å². The van der Waals surface area contributed by atoms with E-state index < -0.39 is 28.5 Å². The summed E-state index contributed by atoms with van der Waals surface area (Å²) in [5.74, 6) is -0.265. The number of carbonyl (C=O) groups excluding carboxylic acids is 2. The van der Waals surface area contributed by atoms with Crippen LogP contribution in [-0.4, -0.2) is 57.4 Å². The van der Waals surface area contributed by atoms with Crippen LogP contribution < -0.4 is 14.4 Å². The zero-order valence-electron chi connectivity index (χ0n) is 23.9. The molecule has 2 unspecified atom stereocenters. The molecule has 3 rings (SSSR count). The smallest absolute Gasteiger partial charge is 0.264 e. The van der Waals surface area contributed by atoms with Gasteiger partial charge in [-0.2, -0.15) is 0 Å². The molecule has 0 spiro atoms. The van der Waals surface area contributed by atoms with Crippen LogP contribution in [0.1, 0.15) is 39.2 Å². The van der Waals surface area contributed by atoms with Crippen molar-refractivity contribution in [2.24, 2.45) is 0 Å². The number of sulfonamides is 1. The van der Waals surface area contributed by atoms with Crippen LogP contribution in [-0.2, 0) is 26.0 Å². The minimum Gasteiger partial charge on any atom is -0.497 e. The van der Waals surface area contributed by atoms with Crippen LogP contribution in [0, 0.1) is 0 Å². The van der Waals surface area contributed by atoms with E-state index in [1.54, 1.807) is 30.3 Å². The number of benzene rings is 3. The SMILES string of the molecule is CCC(C)NC(=O)C(CC)N(CCc1ccccc1)C(=O)CN(c1cccc(Cl)c1)S(=O)(=O)c1ccc(OC)cc1. The second-order valence-corrected chi connectivity index (χ2v) is 12.0. The average molecular weight is 600 g/mol. The molecule has 0 saturated carbocycles. The fourth-order valence-corrected chi connectivity index (χ4v) is 5.96. The molecule has 0 aliphatic rings. The number of amides is 2. The van der Waals surface area contributed by atoms with Crippen LogP contribution in [0.4, 0.5) is 5.69 Å². The lowest BCUT2D eigenvalue weighted by Gasteiger charge is -2.33. The lowest BCUT2D eigenvalue weighted by atomic mass is 10.1. The van der Waals surface area contributed by atoms with E-state index in [0.717, 1.165) is 16.3 Å². The summed E-state index contributed by atoms with van der Waals surface area (Å²) >= 11 is 6.23. The Labute approximate surface area is 248 Å². The molecule has 0 aliphatic carbocycles. The third kappa shape index (κ3) is 8.47. The first-order chi connectivity index (χ1) is 19.6. The third-order valence-electron chi connectivity index (χ3n) is 6.89. The van der Waals surface area contributed by atoms with Gasteiger partial charge in [-0.3, -0.25) is 13.9 Å². The minimum atomic E-state index is -4.20. The molecule has 3 aromatic carbocycles. The Hall–Kier alpha value is -3.56. The molecule has 10 heteroatoms. The van der Waals surface area contributed by atoms with E-state index in [0.29, 0.717) is 23.6 Å². The highest BCUT2D eigenvalue weighted by Crippen LogP contribution is 2.27. The third-order valence-corrected chi connectivity index (χ3v) is 8.92. The summed E-state index contributed by atoms with van der Waals surface area (Å²) in [6.07, 6.45) is 1.61. The van der Waals surface area contributed by atoms with Crippen molar-refractivity contribution in [1.82, 2.24) is 10.2 Å². The molecule has 2 amide bonds. The van der Waals surface area contributed by atoms with Crippen molar-refractivity contribution in [3.05, 3.63) is 89.4 Å². The number of methoxy groups -OCH3 is 1. The van der Waals surface area contributed by atoms with E-state index in [2.05, 4.69) is 5.32 Å². The highest BCUT2D eigenvalue weighted by molar-refractivity contribution is 7.92. The van der Waals surface area contributed by atoms with Gasteiger partial charge in [-0.15, -0.1) is 0 Å². The van der Waals surface area contributed by atoms with Gasteiger partial charge in [0.05, 0.1) is 17.7 Å². The maximum atomic E-state index is 14.1. The largest absolute Gasteiger partial charge is 0.497 e. The van der Waals surface area contributed by atoms with E-state index in [1.165, 1.54) is 30.2 Å². The zero-order chi connectivity index (χ0) is 30.0. The number of rotatable bonds is 14. The van der Waals surface area contributed by atoms with Crippen molar-refractivity contribution in [2.45, 2.75) is 57.0 Å². The number of nitrogens with one attached hydrogen (secondary N) is 1. The monoisotopic (exact) mass is 599 g/mol. The summed E-state index contributed by atoms with van der Waals surface area (Å²) in [5, 5.41) is 3.30. The Bertz CT molecular complexity index is 1400. The van der Waals surface area contributed by atoms with Crippen LogP contribution in [0.2, 0.25) is 5.02 Å². The number of hydrogen-bond donors (Lipinski definition) is 1. The van der Waals surface area contributed by atoms with Gasteiger partial charge in [0.2, 0.25) is 11.8 Å². The van der Waals surface area contributed by atoms with E-state index in [9.17, 15) is 18.0 Å². The van der Waals surface area contributed by atoms with Gasteiger partial charge in [-0.05, 0) is 74.2 Å². The van der Waals surface area contributed by atoms with Crippen molar-refractivity contribution < 1.29 is 22.7 Å². The van der Waals surface area contributed by atoms with Crippen LogP contribution in [0.3, 0.4) is 0 Å². The van der Waals surface area contributed by atoms with Crippen LogP contribution >= 0.6 is 11.6 Å². The standard InChI is InChI=1S/C31H38ClN3O5S/c1-5-23(3)33-31(37)29(6-2)34(20-19-24-11-8-7-9-12-24)30(36)22-35(26-14-10-13-25(32)21-26)41(38,39)28-17-15-27(40-4)16-18-28/h7-18,21,23,29H,5-6,19-20,22H2,1-4H3,(H,33,37). The van der Waals surface area contributed by atoms with Crippen molar-refractivity contribution in [3.8, 4) is 5.75 Å². The van der Waals surface area contributed by atoms with Crippen LogP contribution in [0.15, 0.2) is 83.8 Å². The summed E-state index contributed by atoms with van der Waals surface area (Å²) in [5.41, 5.74) is 1.24. The Morgan fingerprint density at radius 3 is 2.22 bits per heavy atom. The molecule has 8 nitrogen and oxygen atoms in total. The van der Waals surface area contributed by atoms with Gasteiger partial charge in [-0.1, -0.05) is 61.8 Å². The summed E-state index contributed by atoms with van der Waals surface area (Å²) in [4.78, 5) is 28.9. The molecule has 2 atom stereocenters. The number of hydrogen-bond acceptors (Lipinski definition) is 5. The second-order valence-electron chi connectivity index (χ2n) is 9.73. The van der Waals surface area contributed by atoms with Crippen LogP contribution in [0.5, 0.6) is 5.75 Å². The van der Waals surface area contributed by atoms with Gasteiger partial charge in [0.15, 0.2) is 0 Å². The fourth-order valence-electron chi connectivity index (χ4n) is 4.37. The number of halogens is 1. The van der Waals surface area contributed by atoms with Gasteiger partial charge in [0.1, 0.15) is 18.3 Å². The molecule has 0 aromatic heterocycles. The maximum absolute atomic E-state index is 14.1. The molecular weight excluding hydrogens is 562 g/mol. The highest BCUT2D eigenvalue weighted by atomic mass is 35.5. The van der Waals surface area contributed by atoms with Gasteiger partial charge in [0, 0.05) is 17.6 Å². The molecule has 1 N–H and O–H groups in total. The Morgan fingerprint density at radius 2 is 1.63 bits per heavy atom. The Balaban J connectivity index is 2.01. The number of nitrogens with zero attached hydrogens (tertiary/aromatic N) is 2. The molecule has 41 heavy (non-hydrogen) atoms. The van der Waals surface area contributed by atoms with E-state index >= 15 is 0 Å². The maximum Gasteiger partial charge on any atom is 0.264 e. The minimum absolute atomic E-state index is 0.0107. The molecule has 0 fully saturated rings. The van der Waals surface area contributed by atoms with Crippen molar-refractivity contribution in [1.29, 1.82) is 0 Å². The van der Waals surface area contributed by atoms with Gasteiger partial charge >= 0.3 is 0 Å². The first kappa shape index (κ1) is 32.0. The zero-order valence-corrected chi connectivity index (χ0v) is 25.5. The normalized spacial score (nSPS) is 12.7. The topological polar surface area (TPSA) is 96.0 Å². The quantitative estimate of drug-likeness (QED) is 0.271. The predicted octanol–water partition coefficient (Wildman–Crippen LogP) is 5.31. The van der Waals surface area contributed by atoms with Crippen molar-refractivity contribution >= 4 is 39.1 Å². The first-order valence-corrected chi connectivity index (χ1v) is 15.5. The fraction of sp³-hybridized carbons (Fsp3) is 0.355. The van der Waals surface area contributed by atoms with E-state index in [4.69, 9.17) is 16.3 Å². The average Bonchev–Trinajstić information content (AvgIpc) is 2.98. The van der Waals surface area contributed by atoms with E-state index in [-0.39, 0.29) is 29.1 Å². The molecule has 3 aromatic rings. The first-order valence-electron chi connectivity index (χ1n) is 13.7. The van der Waals surface area contributed by atoms with Crippen LogP contribution in [0.25, 0.3) is 0 Å². The molecular formula is C31H38ClN3O5S. The second kappa shape index (κ2) is 14.9. The Morgan fingerprint density at radius 1 is 0.951 bits per heavy atom. The summed E-state index contributed by atoms with van der Waals surface area (Å²) in [7, 11) is -2.70. The summed E-state index contributed by atoms with van der Waals surface area (Å²) in [6.45, 7) is 5.44. The predicted molar refractivity (Wildman–Crippen MR) is 163 cm³/mol. The lowest BCUT2D eigenvalue weighted by molar-refractivity contribution is -0.139. The molecule has 220 valence electrons. The highest BCUT2D eigenvalue weighted by Gasteiger charge is 2.33. The molecule has 0 saturated heterocycles. The van der Waals surface area contributed by atoms with Gasteiger partial charge < -0.3 is 15.0 Å². The summed E-state index contributed by atoms with van der Waals surface area (Å²) < 4.78 is 34.1. The van der Waals surface area contributed by atoms with Gasteiger partial charge in [-0.25, -0.2) is 8.42 Å². The van der Waals surface area contributed by atoms with E-state index in [1.807, 2.05) is 51.1 Å². The number of ether oxygens (including phenoxy) is 1. The molecule has 0 aliphatic heterocycles. The lowest BCUT2D eigenvalue weighted by Crippen LogP contribution is -2.54. The molecule has 0 radical (unpaired) electrons. The number of anilines is 1. The van der Waals surface area contributed by atoms with Crippen molar-refractivity contribution in [2.75, 3.05) is 24.5 Å².